The molecule has 0 spiro atoms. The topological polar surface area (TPSA) is 57.7 Å². The van der Waals surface area contributed by atoms with Crippen LogP contribution in [0.1, 0.15) is 18.4 Å². The Morgan fingerprint density at radius 3 is 2.32 bits per heavy atom. The number of carbonyl (C=O) groups excluding carboxylic acids is 1. The van der Waals surface area contributed by atoms with E-state index in [1.165, 1.54) is 5.56 Å². The Kier molecular flexibility index (Phi) is 4.23. The normalized spacial score (nSPS) is 26.1. The molecule has 2 saturated heterocycles. The number of sulfone groups is 1. The first-order valence-corrected chi connectivity index (χ1v) is 9.61. The van der Waals surface area contributed by atoms with Crippen molar-refractivity contribution in [3.8, 4) is 0 Å². The maximum Gasteiger partial charge on any atom is 0.244 e. The van der Waals surface area contributed by atoms with E-state index >= 15 is 0 Å². The first-order chi connectivity index (χ1) is 10.5. The number of hydrogen-bond donors (Lipinski definition) is 0. The number of anilines is 1. The number of piperidine rings is 1. The van der Waals surface area contributed by atoms with Gasteiger partial charge in [-0.1, -0.05) is 17.7 Å². The monoisotopic (exact) mass is 322 g/mol. The third-order valence-corrected chi connectivity index (χ3v) is 6.18. The zero-order valence-electron chi connectivity index (χ0n) is 12.9. The Morgan fingerprint density at radius 2 is 1.68 bits per heavy atom. The number of aryl methyl sites for hydroxylation is 1. The fourth-order valence-corrected chi connectivity index (χ4v) is 4.44. The average Bonchev–Trinajstić information content (AvgIpc) is 2.49. The van der Waals surface area contributed by atoms with Crippen molar-refractivity contribution in [2.75, 3.05) is 36.0 Å². The quantitative estimate of drug-likeness (QED) is 0.821. The average molecular weight is 322 g/mol. The van der Waals surface area contributed by atoms with Gasteiger partial charge < -0.3 is 4.90 Å². The zero-order valence-corrected chi connectivity index (χ0v) is 13.7. The molecule has 0 aliphatic carbocycles. The van der Waals surface area contributed by atoms with Gasteiger partial charge in [-0.25, -0.2) is 8.42 Å². The van der Waals surface area contributed by atoms with Crippen LogP contribution < -0.4 is 4.90 Å². The minimum Gasteiger partial charge on any atom is -0.311 e. The molecule has 22 heavy (non-hydrogen) atoms. The molecule has 120 valence electrons. The molecule has 5 nitrogen and oxygen atoms in total. The summed E-state index contributed by atoms with van der Waals surface area (Å²) in [6.07, 6.45) is 1.77. The number of hydrogen-bond acceptors (Lipinski definition) is 4. The fraction of sp³-hybridized carbons (Fsp3) is 0.562. The highest BCUT2D eigenvalue weighted by Crippen LogP contribution is 2.25. The van der Waals surface area contributed by atoms with Crippen LogP contribution in [0.2, 0.25) is 0 Å². The first kappa shape index (κ1) is 15.5. The van der Waals surface area contributed by atoms with Crippen molar-refractivity contribution < 1.29 is 13.2 Å². The predicted octanol–water partition coefficient (Wildman–Crippen LogP) is 1.22. The van der Waals surface area contributed by atoms with E-state index in [2.05, 4.69) is 0 Å². The van der Waals surface area contributed by atoms with Crippen LogP contribution in [0.4, 0.5) is 5.69 Å². The maximum atomic E-state index is 12.8. The molecule has 0 aromatic heterocycles. The Balaban J connectivity index is 1.74. The van der Waals surface area contributed by atoms with Crippen LogP contribution in [0.25, 0.3) is 0 Å². The highest BCUT2D eigenvalue weighted by atomic mass is 32.2. The molecule has 2 fully saturated rings. The summed E-state index contributed by atoms with van der Waals surface area (Å²) in [5.74, 6) is 0.442. The van der Waals surface area contributed by atoms with Gasteiger partial charge in [0.2, 0.25) is 5.91 Å². The third-order valence-electron chi connectivity index (χ3n) is 4.58. The molecule has 0 bridgehead atoms. The first-order valence-electron chi connectivity index (χ1n) is 7.79. The van der Waals surface area contributed by atoms with E-state index in [-0.39, 0.29) is 23.5 Å². The van der Waals surface area contributed by atoms with Crippen molar-refractivity contribution in [2.45, 2.75) is 25.8 Å². The van der Waals surface area contributed by atoms with Gasteiger partial charge in [0.05, 0.1) is 17.5 Å². The van der Waals surface area contributed by atoms with Crippen molar-refractivity contribution in [3.05, 3.63) is 29.8 Å². The lowest BCUT2D eigenvalue weighted by Gasteiger charge is -2.39. The molecular weight excluding hydrogens is 300 g/mol. The molecule has 0 radical (unpaired) electrons. The summed E-state index contributed by atoms with van der Waals surface area (Å²) in [4.78, 5) is 16.7. The van der Waals surface area contributed by atoms with Crippen LogP contribution in [0.3, 0.4) is 0 Å². The van der Waals surface area contributed by atoms with E-state index in [9.17, 15) is 13.2 Å². The molecule has 1 atom stereocenters. The van der Waals surface area contributed by atoms with Crippen molar-refractivity contribution in [2.24, 2.45) is 0 Å². The van der Waals surface area contributed by atoms with Gasteiger partial charge >= 0.3 is 0 Å². The van der Waals surface area contributed by atoms with Crippen LogP contribution in [0.5, 0.6) is 0 Å². The largest absolute Gasteiger partial charge is 0.311 e. The maximum absolute atomic E-state index is 12.8. The standard InChI is InChI=1S/C16H22N2O3S/c1-13-4-6-14(7-5-13)18-8-2-3-15(16(18)19)17-9-11-22(20,21)12-10-17/h4-7,15H,2-3,8-12H2,1H3/t15-/m1/s1. The molecular formula is C16H22N2O3S. The minimum absolute atomic E-state index is 0.106. The number of benzene rings is 1. The number of amides is 1. The fourth-order valence-electron chi connectivity index (χ4n) is 3.21. The molecule has 2 heterocycles. The van der Waals surface area contributed by atoms with E-state index in [1.807, 2.05) is 41.0 Å². The van der Waals surface area contributed by atoms with E-state index in [0.717, 1.165) is 25.1 Å². The van der Waals surface area contributed by atoms with Gasteiger partial charge in [0.1, 0.15) is 0 Å². The van der Waals surface area contributed by atoms with Crippen LogP contribution in [0, 0.1) is 6.92 Å². The van der Waals surface area contributed by atoms with Crippen LogP contribution in [-0.2, 0) is 14.6 Å². The highest BCUT2D eigenvalue weighted by molar-refractivity contribution is 7.91. The molecule has 6 heteroatoms. The van der Waals surface area contributed by atoms with E-state index in [1.54, 1.807) is 0 Å². The second-order valence-corrected chi connectivity index (χ2v) is 8.47. The Hall–Kier alpha value is -1.40. The SMILES string of the molecule is Cc1ccc(N2CCC[C@@H](N3CCS(=O)(=O)CC3)C2=O)cc1. The molecule has 0 unspecified atom stereocenters. The Labute approximate surface area is 131 Å². The smallest absolute Gasteiger partial charge is 0.244 e. The molecule has 1 aromatic carbocycles. The minimum atomic E-state index is -2.91. The van der Waals surface area contributed by atoms with Gasteiger partial charge in [-0.2, -0.15) is 0 Å². The van der Waals surface area contributed by atoms with E-state index < -0.39 is 9.84 Å². The Bertz CT molecular complexity index is 640. The van der Waals surface area contributed by atoms with E-state index in [4.69, 9.17) is 0 Å². The number of nitrogens with zero attached hydrogens (tertiary/aromatic N) is 2. The third kappa shape index (κ3) is 3.17. The number of rotatable bonds is 2. The van der Waals surface area contributed by atoms with Crippen molar-refractivity contribution >= 4 is 21.4 Å². The van der Waals surface area contributed by atoms with Gasteiger partial charge in [0, 0.05) is 25.3 Å². The van der Waals surface area contributed by atoms with Gasteiger partial charge in [0.25, 0.3) is 0 Å². The van der Waals surface area contributed by atoms with Crippen molar-refractivity contribution in [1.29, 1.82) is 0 Å². The van der Waals surface area contributed by atoms with Crippen molar-refractivity contribution in [1.82, 2.24) is 4.90 Å². The molecule has 1 aromatic rings. The highest BCUT2D eigenvalue weighted by Gasteiger charge is 2.36. The molecule has 3 rings (SSSR count). The molecule has 0 saturated carbocycles. The van der Waals surface area contributed by atoms with Crippen molar-refractivity contribution in [3.63, 3.8) is 0 Å². The number of carbonyl (C=O) groups is 1. The molecule has 0 N–H and O–H groups in total. The van der Waals surface area contributed by atoms with Crippen LogP contribution in [-0.4, -0.2) is 56.4 Å². The lowest BCUT2D eigenvalue weighted by atomic mass is 10.0. The van der Waals surface area contributed by atoms with Gasteiger partial charge in [-0.3, -0.25) is 9.69 Å². The summed E-state index contributed by atoms with van der Waals surface area (Å²) >= 11 is 0. The summed E-state index contributed by atoms with van der Waals surface area (Å²) in [6, 6.07) is 7.82. The van der Waals surface area contributed by atoms with Crippen LogP contribution in [0.15, 0.2) is 24.3 Å². The zero-order chi connectivity index (χ0) is 15.7. The van der Waals surface area contributed by atoms with Gasteiger partial charge in [0.15, 0.2) is 9.84 Å². The predicted molar refractivity (Wildman–Crippen MR) is 86.8 cm³/mol. The van der Waals surface area contributed by atoms with Crippen LogP contribution >= 0.6 is 0 Å². The lowest BCUT2D eigenvalue weighted by molar-refractivity contribution is -0.125. The Morgan fingerprint density at radius 1 is 1.05 bits per heavy atom. The molecule has 2 aliphatic rings. The molecule has 2 aliphatic heterocycles. The summed E-state index contributed by atoms with van der Waals surface area (Å²) in [5, 5.41) is 0. The summed E-state index contributed by atoms with van der Waals surface area (Å²) < 4.78 is 23.1. The lowest BCUT2D eigenvalue weighted by Crippen LogP contribution is -2.56. The van der Waals surface area contributed by atoms with E-state index in [0.29, 0.717) is 13.1 Å². The second kappa shape index (κ2) is 6.01. The summed E-state index contributed by atoms with van der Waals surface area (Å²) in [5.41, 5.74) is 2.11. The summed E-state index contributed by atoms with van der Waals surface area (Å²) in [6.45, 7) is 3.71. The van der Waals surface area contributed by atoms with Gasteiger partial charge in [-0.15, -0.1) is 0 Å². The summed E-state index contributed by atoms with van der Waals surface area (Å²) in [7, 11) is -2.91. The molecule has 1 amide bonds. The second-order valence-electron chi connectivity index (χ2n) is 6.17. The van der Waals surface area contributed by atoms with Gasteiger partial charge in [-0.05, 0) is 31.9 Å².